The Kier molecular flexibility index (Phi) is 4.82. The molecule has 1 saturated heterocycles. The van der Waals surface area contributed by atoms with Gasteiger partial charge >= 0.3 is 6.03 Å². The first-order valence-corrected chi connectivity index (χ1v) is 7.72. The second-order valence-electron chi connectivity index (χ2n) is 4.59. The van der Waals surface area contributed by atoms with Crippen molar-refractivity contribution in [3.63, 3.8) is 0 Å². The minimum absolute atomic E-state index is 0.0503. The number of urea groups is 1. The number of carbonyl (C=O) groups is 1. The van der Waals surface area contributed by atoms with E-state index < -0.39 is 0 Å². The lowest BCUT2D eigenvalue weighted by molar-refractivity contribution is 0.217. The third-order valence-corrected chi connectivity index (χ3v) is 4.16. The van der Waals surface area contributed by atoms with E-state index in [1.807, 2.05) is 47.8 Å². The second-order valence-corrected chi connectivity index (χ2v) is 6.25. The van der Waals surface area contributed by atoms with E-state index in [2.05, 4.69) is 5.32 Å². The van der Waals surface area contributed by atoms with E-state index in [0.29, 0.717) is 5.02 Å². The van der Waals surface area contributed by atoms with Crippen LogP contribution in [0.3, 0.4) is 0 Å². The number of anilines is 2. The van der Waals surface area contributed by atoms with Crippen LogP contribution >= 0.6 is 23.4 Å². The standard InChI is InChI=1S/C13H18ClN3OS/c1-16(2)12-4-3-10(14)9-11(12)15-13(18)17-5-7-19-8-6-17/h3-4,9H,5-8H2,1-2H3,(H,15,18). The number of carbonyl (C=O) groups excluding carboxylic acids is 1. The van der Waals surface area contributed by atoms with Gasteiger partial charge in [0.15, 0.2) is 0 Å². The summed E-state index contributed by atoms with van der Waals surface area (Å²) in [7, 11) is 3.88. The number of thioether (sulfide) groups is 1. The van der Waals surface area contributed by atoms with Gasteiger partial charge in [-0.3, -0.25) is 0 Å². The van der Waals surface area contributed by atoms with Crippen LogP contribution in [0.15, 0.2) is 18.2 Å². The fourth-order valence-corrected chi connectivity index (χ4v) is 3.03. The molecule has 0 unspecified atom stereocenters. The number of hydrogen-bond acceptors (Lipinski definition) is 3. The summed E-state index contributed by atoms with van der Waals surface area (Å²) >= 11 is 7.89. The van der Waals surface area contributed by atoms with Crippen molar-refractivity contribution < 1.29 is 4.79 Å². The first-order chi connectivity index (χ1) is 9.08. The van der Waals surface area contributed by atoms with E-state index in [1.54, 1.807) is 6.07 Å². The molecule has 2 rings (SSSR count). The summed E-state index contributed by atoms with van der Waals surface area (Å²) in [5, 5.41) is 3.57. The molecule has 104 valence electrons. The lowest BCUT2D eigenvalue weighted by Crippen LogP contribution is -2.40. The van der Waals surface area contributed by atoms with Gasteiger partial charge in [-0.1, -0.05) is 11.6 Å². The van der Waals surface area contributed by atoms with E-state index in [0.717, 1.165) is 36.0 Å². The highest BCUT2D eigenvalue weighted by Gasteiger charge is 2.18. The molecule has 2 amide bonds. The smallest absolute Gasteiger partial charge is 0.321 e. The molecule has 1 fully saturated rings. The maximum Gasteiger partial charge on any atom is 0.321 e. The molecular weight excluding hydrogens is 282 g/mol. The zero-order valence-corrected chi connectivity index (χ0v) is 12.7. The topological polar surface area (TPSA) is 35.6 Å². The van der Waals surface area contributed by atoms with E-state index in [-0.39, 0.29) is 6.03 Å². The van der Waals surface area contributed by atoms with E-state index in [1.165, 1.54) is 0 Å². The number of benzene rings is 1. The zero-order valence-electron chi connectivity index (χ0n) is 11.1. The summed E-state index contributed by atoms with van der Waals surface area (Å²) in [5.74, 6) is 2.01. The van der Waals surface area contributed by atoms with E-state index in [4.69, 9.17) is 11.6 Å². The predicted molar refractivity (Wildman–Crippen MR) is 83.7 cm³/mol. The summed E-state index contributed by atoms with van der Waals surface area (Å²) in [4.78, 5) is 16.0. The number of rotatable bonds is 2. The van der Waals surface area contributed by atoms with Crippen LogP contribution in [0.4, 0.5) is 16.2 Å². The largest absolute Gasteiger partial charge is 0.376 e. The Morgan fingerprint density at radius 1 is 1.37 bits per heavy atom. The molecule has 1 N–H and O–H groups in total. The highest BCUT2D eigenvalue weighted by Crippen LogP contribution is 2.28. The minimum atomic E-state index is -0.0503. The Morgan fingerprint density at radius 3 is 2.68 bits per heavy atom. The third-order valence-electron chi connectivity index (χ3n) is 2.98. The van der Waals surface area contributed by atoms with Gasteiger partial charge in [0.1, 0.15) is 0 Å². The summed E-state index contributed by atoms with van der Waals surface area (Å²) in [6, 6.07) is 5.47. The van der Waals surface area contributed by atoms with Crippen molar-refractivity contribution in [2.24, 2.45) is 0 Å². The molecule has 6 heteroatoms. The molecule has 19 heavy (non-hydrogen) atoms. The molecule has 0 aliphatic carbocycles. The molecule has 4 nitrogen and oxygen atoms in total. The van der Waals surface area contributed by atoms with Gasteiger partial charge in [0.05, 0.1) is 11.4 Å². The SMILES string of the molecule is CN(C)c1ccc(Cl)cc1NC(=O)N1CCSCC1. The van der Waals surface area contributed by atoms with Crippen LogP contribution in [0.5, 0.6) is 0 Å². The average Bonchev–Trinajstić information content (AvgIpc) is 2.39. The summed E-state index contributed by atoms with van der Waals surface area (Å²) in [6.45, 7) is 1.60. The van der Waals surface area contributed by atoms with Crippen molar-refractivity contribution in [1.82, 2.24) is 4.90 Å². The van der Waals surface area contributed by atoms with Crippen LogP contribution in [-0.4, -0.2) is 49.6 Å². The van der Waals surface area contributed by atoms with Crippen LogP contribution < -0.4 is 10.2 Å². The molecule has 0 saturated carbocycles. The van der Waals surface area contributed by atoms with Gasteiger partial charge in [-0.05, 0) is 18.2 Å². The van der Waals surface area contributed by atoms with Crippen molar-refractivity contribution in [2.45, 2.75) is 0 Å². The maximum absolute atomic E-state index is 12.2. The minimum Gasteiger partial charge on any atom is -0.376 e. The first-order valence-electron chi connectivity index (χ1n) is 6.18. The predicted octanol–water partition coefficient (Wildman–Crippen LogP) is 2.99. The molecule has 1 aliphatic heterocycles. The van der Waals surface area contributed by atoms with E-state index >= 15 is 0 Å². The Hall–Kier alpha value is -1.07. The fraction of sp³-hybridized carbons (Fsp3) is 0.462. The van der Waals surface area contributed by atoms with Gasteiger partial charge in [0.2, 0.25) is 0 Å². The maximum atomic E-state index is 12.2. The normalized spacial score (nSPS) is 15.2. The molecule has 1 aliphatic rings. The molecule has 0 atom stereocenters. The van der Waals surface area contributed by atoms with Crippen molar-refractivity contribution in [3.05, 3.63) is 23.2 Å². The second kappa shape index (κ2) is 6.39. The van der Waals surface area contributed by atoms with Crippen LogP contribution in [-0.2, 0) is 0 Å². The monoisotopic (exact) mass is 299 g/mol. The van der Waals surface area contributed by atoms with Gasteiger partial charge in [-0.2, -0.15) is 11.8 Å². The van der Waals surface area contributed by atoms with Crippen LogP contribution in [0.1, 0.15) is 0 Å². The molecule has 0 bridgehead atoms. The molecular formula is C13H18ClN3OS. The van der Waals surface area contributed by atoms with Gasteiger partial charge < -0.3 is 15.1 Å². The average molecular weight is 300 g/mol. The molecule has 0 radical (unpaired) electrons. The highest BCUT2D eigenvalue weighted by atomic mass is 35.5. The van der Waals surface area contributed by atoms with Crippen molar-refractivity contribution in [2.75, 3.05) is 48.9 Å². The number of nitrogens with zero attached hydrogens (tertiary/aromatic N) is 2. The zero-order chi connectivity index (χ0) is 13.8. The Morgan fingerprint density at radius 2 is 2.05 bits per heavy atom. The van der Waals surface area contributed by atoms with E-state index in [9.17, 15) is 4.79 Å². The first kappa shape index (κ1) is 14.3. The third kappa shape index (κ3) is 3.70. The van der Waals surface area contributed by atoms with Crippen LogP contribution in [0.2, 0.25) is 5.02 Å². The summed E-state index contributed by atoms with van der Waals surface area (Å²) < 4.78 is 0. The lowest BCUT2D eigenvalue weighted by Gasteiger charge is -2.27. The van der Waals surface area contributed by atoms with Gasteiger partial charge in [0, 0.05) is 43.7 Å². The van der Waals surface area contributed by atoms with Crippen molar-refractivity contribution in [3.8, 4) is 0 Å². The van der Waals surface area contributed by atoms with Gasteiger partial charge in [-0.25, -0.2) is 4.79 Å². The van der Waals surface area contributed by atoms with Gasteiger partial charge in [-0.15, -0.1) is 0 Å². The number of halogens is 1. The molecule has 1 aromatic carbocycles. The Bertz CT molecular complexity index is 461. The van der Waals surface area contributed by atoms with Gasteiger partial charge in [0.25, 0.3) is 0 Å². The van der Waals surface area contributed by atoms with Crippen LogP contribution in [0, 0.1) is 0 Å². The Labute approximate surface area is 123 Å². The molecule has 0 aromatic heterocycles. The number of nitrogens with one attached hydrogen (secondary N) is 1. The molecule has 1 aromatic rings. The van der Waals surface area contributed by atoms with Crippen LogP contribution in [0.25, 0.3) is 0 Å². The summed E-state index contributed by atoms with van der Waals surface area (Å²) in [6.07, 6.45) is 0. The van der Waals surface area contributed by atoms with Crippen molar-refractivity contribution in [1.29, 1.82) is 0 Å². The Balaban J connectivity index is 2.13. The highest BCUT2D eigenvalue weighted by molar-refractivity contribution is 7.99. The fourth-order valence-electron chi connectivity index (χ4n) is 1.96. The van der Waals surface area contributed by atoms with Crippen molar-refractivity contribution >= 4 is 40.8 Å². The quantitative estimate of drug-likeness (QED) is 0.912. The number of hydrogen-bond donors (Lipinski definition) is 1. The summed E-state index contributed by atoms with van der Waals surface area (Å²) in [5.41, 5.74) is 1.70. The number of amides is 2. The lowest BCUT2D eigenvalue weighted by atomic mass is 10.2. The molecule has 1 heterocycles. The molecule has 0 spiro atoms.